The number of nitrogens with one attached hydrogen (secondary N) is 1. The van der Waals surface area contributed by atoms with Gasteiger partial charge in [-0.3, -0.25) is 0 Å². The van der Waals surface area contributed by atoms with Gasteiger partial charge in [-0.25, -0.2) is 0 Å². The summed E-state index contributed by atoms with van der Waals surface area (Å²) >= 11 is 0. The highest BCUT2D eigenvalue weighted by molar-refractivity contribution is 5.30. The third-order valence-electron chi connectivity index (χ3n) is 3.50. The summed E-state index contributed by atoms with van der Waals surface area (Å²) in [5.74, 6) is 1.27. The number of ether oxygens (including phenoxy) is 1. The first-order valence-electron chi connectivity index (χ1n) is 6.46. The van der Waals surface area contributed by atoms with E-state index in [2.05, 4.69) is 12.2 Å². The smallest absolute Gasteiger partial charge is 0.422 e. The summed E-state index contributed by atoms with van der Waals surface area (Å²) in [4.78, 5) is 0. The molecule has 1 N–H and O–H groups in total. The fraction of sp³-hybridized carbons (Fsp3) is 0.571. The molecule has 2 atom stereocenters. The average molecular weight is 273 g/mol. The highest BCUT2D eigenvalue weighted by Gasteiger charge is 2.28. The molecule has 1 aliphatic rings. The summed E-state index contributed by atoms with van der Waals surface area (Å²) in [6, 6.07) is 6.99. The molecule has 2 nitrogen and oxygen atoms in total. The molecule has 1 saturated heterocycles. The second-order valence-corrected chi connectivity index (χ2v) is 5.05. The van der Waals surface area contributed by atoms with Gasteiger partial charge in [0.05, 0.1) is 0 Å². The van der Waals surface area contributed by atoms with Crippen molar-refractivity contribution in [1.82, 2.24) is 5.32 Å². The van der Waals surface area contributed by atoms with Gasteiger partial charge in [-0.15, -0.1) is 0 Å². The molecular formula is C14H18F3NO. The van der Waals surface area contributed by atoms with E-state index < -0.39 is 12.8 Å². The molecule has 5 heteroatoms. The van der Waals surface area contributed by atoms with Crippen LogP contribution in [0.4, 0.5) is 13.2 Å². The Kier molecular flexibility index (Phi) is 4.34. The van der Waals surface area contributed by atoms with Crippen molar-refractivity contribution in [3.63, 3.8) is 0 Å². The highest BCUT2D eigenvalue weighted by atomic mass is 19.4. The molecule has 0 amide bonds. The highest BCUT2D eigenvalue weighted by Crippen LogP contribution is 2.31. The van der Waals surface area contributed by atoms with Crippen LogP contribution in [-0.4, -0.2) is 25.9 Å². The molecule has 0 saturated carbocycles. The summed E-state index contributed by atoms with van der Waals surface area (Å²) in [7, 11) is 0. The van der Waals surface area contributed by atoms with E-state index in [1.165, 1.54) is 5.56 Å². The zero-order chi connectivity index (χ0) is 13.9. The minimum Gasteiger partial charge on any atom is -0.484 e. The standard InChI is InChI=1S/C14H18F3NO/c1-10-8-18-7-6-13(10)11-2-4-12(5-3-11)19-9-14(15,16)17/h2-5,10,13,18H,6-9H2,1H3. The van der Waals surface area contributed by atoms with Crippen molar-refractivity contribution in [1.29, 1.82) is 0 Å². The lowest BCUT2D eigenvalue weighted by molar-refractivity contribution is -0.153. The van der Waals surface area contributed by atoms with Gasteiger partial charge in [0, 0.05) is 0 Å². The van der Waals surface area contributed by atoms with Crippen LogP contribution in [0.3, 0.4) is 0 Å². The lowest BCUT2D eigenvalue weighted by atomic mass is 9.82. The second-order valence-electron chi connectivity index (χ2n) is 5.05. The van der Waals surface area contributed by atoms with Crippen LogP contribution >= 0.6 is 0 Å². The largest absolute Gasteiger partial charge is 0.484 e. The third-order valence-corrected chi connectivity index (χ3v) is 3.50. The van der Waals surface area contributed by atoms with Gasteiger partial charge >= 0.3 is 6.18 Å². The molecule has 1 fully saturated rings. The van der Waals surface area contributed by atoms with Crippen molar-refractivity contribution in [2.24, 2.45) is 5.92 Å². The first-order valence-corrected chi connectivity index (χ1v) is 6.46. The molecule has 0 radical (unpaired) electrons. The second kappa shape index (κ2) is 5.82. The summed E-state index contributed by atoms with van der Waals surface area (Å²) < 4.78 is 40.8. The number of hydrogen-bond donors (Lipinski definition) is 1. The average Bonchev–Trinajstić information content (AvgIpc) is 2.37. The Morgan fingerprint density at radius 1 is 1.26 bits per heavy atom. The Labute approximate surface area is 111 Å². The van der Waals surface area contributed by atoms with Gasteiger partial charge in [0.25, 0.3) is 0 Å². The van der Waals surface area contributed by atoms with Crippen LogP contribution in [0.5, 0.6) is 5.75 Å². The zero-order valence-electron chi connectivity index (χ0n) is 10.8. The summed E-state index contributed by atoms with van der Waals surface area (Å²) in [5.41, 5.74) is 1.17. The molecule has 2 unspecified atom stereocenters. The monoisotopic (exact) mass is 273 g/mol. The summed E-state index contributed by atoms with van der Waals surface area (Å²) in [6.45, 7) is 2.92. The third kappa shape index (κ3) is 4.13. The molecular weight excluding hydrogens is 255 g/mol. The predicted molar refractivity (Wildman–Crippen MR) is 67.4 cm³/mol. The maximum Gasteiger partial charge on any atom is 0.422 e. The Hall–Kier alpha value is -1.23. The van der Waals surface area contributed by atoms with E-state index in [-0.39, 0.29) is 5.75 Å². The molecule has 106 valence electrons. The molecule has 1 aliphatic heterocycles. The topological polar surface area (TPSA) is 21.3 Å². The van der Waals surface area contributed by atoms with Crippen molar-refractivity contribution < 1.29 is 17.9 Å². The van der Waals surface area contributed by atoms with E-state index in [0.717, 1.165) is 19.5 Å². The van der Waals surface area contributed by atoms with Crippen LogP contribution in [0, 0.1) is 5.92 Å². The fourth-order valence-corrected chi connectivity index (χ4v) is 2.49. The van der Waals surface area contributed by atoms with Crippen molar-refractivity contribution >= 4 is 0 Å². The van der Waals surface area contributed by atoms with Crippen LogP contribution in [-0.2, 0) is 0 Å². The van der Waals surface area contributed by atoms with Gasteiger partial charge in [0.1, 0.15) is 5.75 Å². The molecule has 1 heterocycles. The van der Waals surface area contributed by atoms with E-state index in [1.54, 1.807) is 12.1 Å². The lowest BCUT2D eigenvalue weighted by Gasteiger charge is -2.30. The minimum atomic E-state index is -4.29. The molecule has 1 aromatic rings. The number of hydrogen-bond acceptors (Lipinski definition) is 2. The number of halogens is 3. The molecule has 0 aromatic heterocycles. The number of rotatable bonds is 3. The Bertz CT molecular complexity index is 402. The van der Waals surface area contributed by atoms with Crippen LogP contribution in [0.2, 0.25) is 0 Å². The minimum absolute atomic E-state index is 0.266. The number of piperidine rings is 1. The van der Waals surface area contributed by atoms with E-state index in [4.69, 9.17) is 4.74 Å². The van der Waals surface area contributed by atoms with Crippen molar-refractivity contribution in [2.75, 3.05) is 19.7 Å². The molecule has 19 heavy (non-hydrogen) atoms. The van der Waals surface area contributed by atoms with Crippen LogP contribution in [0.15, 0.2) is 24.3 Å². The molecule has 1 aromatic carbocycles. The zero-order valence-corrected chi connectivity index (χ0v) is 10.8. The number of alkyl halides is 3. The lowest BCUT2D eigenvalue weighted by Crippen LogP contribution is -2.33. The maximum absolute atomic E-state index is 12.0. The molecule has 2 rings (SSSR count). The SMILES string of the molecule is CC1CNCCC1c1ccc(OCC(F)(F)F)cc1. The van der Waals surface area contributed by atoms with Crippen molar-refractivity contribution in [3.05, 3.63) is 29.8 Å². The quantitative estimate of drug-likeness (QED) is 0.912. The first-order chi connectivity index (χ1) is 8.96. The van der Waals surface area contributed by atoms with Gasteiger partial charge in [0.2, 0.25) is 0 Å². The molecule has 0 bridgehead atoms. The Balaban J connectivity index is 1.98. The van der Waals surface area contributed by atoms with E-state index in [9.17, 15) is 13.2 Å². The number of benzene rings is 1. The van der Waals surface area contributed by atoms with Gasteiger partial charge in [-0.2, -0.15) is 13.2 Å². The van der Waals surface area contributed by atoms with Gasteiger partial charge in [-0.1, -0.05) is 19.1 Å². The van der Waals surface area contributed by atoms with Gasteiger partial charge in [-0.05, 0) is 49.0 Å². The van der Waals surface area contributed by atoms with Crippen LogP contribution in [0.1, 0.15) is 24.8 Å². The Morgan fingerprint density at radius 2 is 1.95 bits per heavy atom. The summed E-state index contributed by atoms with van der Waals surface area (Å²) in [5, 5.41) is 3.33. The fourth-order valence-electron chi connectivity index (χ4n) is 2.49. The van der Waals surface area contributed by atoms with E-state index in [1.807, 2.05) is 12.1 Å². The van der Waals surface area contributed by atoms with E-state index in [0.29, 0.717) is 11.8 Å². The van der Waals surface area contributed by atoms with Crippen LogP contribution in [0.25, 0.3) is 0 Å². The normalized spacial score (nSPS) is 24.2. The van der Waals surface area contributed by atoms with Gasteiger partial charge < -0.3 is 10.1 Å². The van der Waals surface area contributed by atoms with Crippen LogP contribution < -0.4 is 10.1 Å². The molecule has 0 spiro atoms. The molecule has 0 aliphatic carbocycles. The predicted octanol–water partition coefficient (Wildman–Crippen LogP) is 3.34. The first kappa shape index (κ1) is 14.2. The van der Waals surface area contributed by atoms with Crippen molar-refractivity contribution in [3.8, 4) is 5.75 Å². The Morgan fingerprint density at radius 3 is 2.53 bits per heavy atom. The maximum atomic E-state index is 12.0. The summed E-state index contributed by atoms with van der Waals surface area (Å²) in [6.07, 6.45) is -3.23. The van der Waals surface area contributed by atoms with Crippen molar-refractivity contribution in [2.45, 2.75) is 25.4 Å². The van der Waals surface area contributed by atoms with E-state index >= 15 is 0 Å². The van der Waals surface area contributed by atoms with Gasteiger partial charge in [0.15, 0.2) is 6.61 Å².